The normalized spacial score (nSPS) is 8.76. The van der Waals surface area contributed by atoms with E-state index in [9.17, 15) is 9.59 Å². The number of carboxylic acid groups (broad SMARTS) is 1. The molecule has 8 heteroatoms. The SMILES string of the molecule is COC(=O)c1cc(O)ccc1C.Cc1ccc(O)cc1C(=O)O.[Na+].[OH-]. The van der Waals surface area contributed by atoms with Crippen LogP contribution in [0, 0.1) is 13.8 Å². The molecule has 2 rings (SSSR count). The molecule has 0 bridgehead atoms. The van der Waals surface area contributed by atoms with E-state index in [1.165, 1.54) is 31.4 Å². The van der Waals surface area contributed by atoms with Gasteiger partial charge in [0.25, 0.3) is 0 Å². The van der Waals surface area contributed by atoms with Gasteiger partial charge >= 0.3 is 41.5 Å². The topological polar surface area (TPSA) is 134 Å². The molecule has 0 aromatic heterocycles. The molecule has 130 valence electrons. The summed E-state index contributed by atoms with van der Waals surface area (Å²) in [5.74, 6) is -1.39. The number of aromatic carboxylic acids is 1. The molecule has 2 aromatic rings. The predicted molar refractivity (Wildman–Crippen MR) is 85.9 cm³/mol. The minimum atomic E-state index is -1.02. The number of ether oxygens (including phenoxy) is 1. The monoisotopic (exact) mass is 358 g/mol. The maximum atomic E-state index is 11.1. The number of esters is 1. The summed E-state index contributed by atoms with van der Waals surface area (Å²) < 4.78 is 4.52. The zero-order valence-corrected chi connectivity index (χ0v) is 16.5. The van der Waals surface area contributed by atoms with Crippen LogP contribution in [0.4, 0.5) is 0 Å². The van der Waals surface area contributed by atoms with E-state index >= 15 is 0 Å². The Morgan fingerprint density at radius 2 is 1.28 bits per heavy atom. The molecule has 0 atom stereocenters. The van der Waals surface area contributed by atoms with Gasteiger partial charge in [0.15, 0.2) is 0 Å². The number of hydrogen-bond acceptors (Lipinski definition) is 6. The molecule has 0 saturated heterocycles. The van der Waals surface area contributed by atoms with E-state index in [4.69, 9.17) is 15.3 Å². The molecular formula is C17H19NaO7. The van der Waals surface area contributed by atoms with Crippen molar-refractivity contribution >= 4 is 11.9 Å². The molecule has 0 saturated carbocycles. The van der Waals surface area contributed by atoms with Crippen molar-refractivity contribution in [2.75, 3.05) is 7.11 Å². The van der Waals surface area contributed by atoms with Crippen LogP contribution in [0.1, 0.15) is 31.8 Å². The first-order chi connectivity index (χ1) is 10.8. The van der Waals surface area contributed by atoms with Gasteiger partial charge in [-0.15, -0.1) is 0 Å². The summed E-state index contributed by atoms with van der Waals surface area (Å²) in [5.41, 5.74) is 1.98. The molecule has 0 aliphatic rings. The van der Waals surface area contributed by atoms with E-state index < -0.39 is 11.9 Å². The van der Waals surface area contributed by atoms with E-state index in [0.29, 0.717) is 11.1 Å². The number of aryl methyl sites for hydroxylation is 2. The predicted octanol–water partition coefficient (Wildman–Crippen LogP) is -0.287. The zero-order valence-electron chi connectivity index (χ0n) is 14.5. The van der Waals surface area contributed by atoms with Crippen molar-refractivity contribution in [1.82, 2.24) is 0 Å². The molecule has 25 heavy (non-hydrogen) atoms. The fourth-order valence-electron chi connectivity index (χ4n) is 1.78. The van der Waals surface area contributed by atoms with Gasteiger partial charge in [-0.2, -0.15) is 0 Å². The Hall–Kier alpha value is -2.06. The first-order valence-electron chi connectivity index (χ1n) is 6.67. The van der Waals surface area contributed by atoms with Gasteiger partial charge in [0, 0.05) is 0 Å². The fraction of sp³-hybridized carbons (Fsp3) is 0.176. The van der Waals surface area contributed by atoms with Crippen LogP contribution in [-0.2, 0) is 4.74 Å². The number of methoxy groups -OCH3 is 1. The summed E-state index contributed by atoms with van der Waals surface area (Å²) in [4.78, 5) is 21.5. The summed E-state index contributed by atoms with van der Waals surface area (Å²) in [6.07, 6.45) is 0. The molecule has 2 aromatic carbocycles. The van der Waals surface area contributed by atoms with E-state index in [-0.39, 0.29) is 52.1 Å². The van der Waals surface area contributed by atoms with Crippen LogP contribution < -0.4 is 29.6 Å². The Morgan fingerprint density at radius 3 is 1.64 bits per heavy atom. The molecule has 4 N–H and O–H groups in total. The number of carbonyl (C=O) groups excluding carboxylic acids is 1. The molecule has 0 heterocycles. The summed E-state index contributed by atoms with van der Waals surface area (Å²) >= 11 is 0. The molecule has 7 nitrogen and oxygen atoms in total. The Balaban J connectivity index is 0. The number of hydrogen-bond donors (Lipinski definition) is 3. The summed E-state index contributed by atoms with van der Waals surface area (Å²) in [6.45, 7) is 3.47. The van der Waals surface area contributed by atoms with Crippen molar-refractivity contribution in [3.05, 3.63) is 58.7 Å². The van der Waals surface area contributed by atoms with Crippen LogP contribution in [0.5, 0.6) is 11.5 Å². The zero-order chi connectivity index (χ0) is 17.6. The van der Waals surface area contributed by atoms with Crippen LogP contribution in [0.25, 0.3) is 0 Å². The molecule has 0 fully saturated rings. The minimum Gasteiger partial charge on any atom is -0.870 e. The van der Waals surface area contributed by atoms with Gasteiger partial charge in [-0.3, -0.25) is 0 Å². The second-order valence-electron chi connectivity index (χ2n) is 4.80. The van der Waals surface area contributed by atoms with Crippen molar-refractivity contribution in [3.63, 3.8) is 0 Å². The smallest absolute Gasteiger partial charge is 0.870 e. The van der Waals surface area contributed by atoms with E-state index in [1.807, 2.05) is 0 Å². The second-order valence-corrected chi connectivity index (χ2v) is 4.80. The van der Waals surface area contributed by atoms with Crippen LogP contribution in [0.2, 0.25) is 0 Å². The maximum Gasteiger partial charge on any atom is 1.00 e. The molecule has 0 spiro atoms. The average molecular weight is 358 g/mol. The fourth-order valence-corrected chi connectivity index (χ4v) is 1.78. The molecule has 0 unspecified atom stereocenters. The van der Waals surface area contributed by atoms with Crippen LogP contribution in [-0.4, -0.2) is 39.8 Å². The first-order valence-corrected chi connectivity index (χ1v) is 6.67. The largest absolute Gasteiger partial charge is 1.00 e. The standard InChI is InChI=1S/C9H10O3.C8H8O3.Na.H2O/c1-6-3-4-7(10)5-8(6)9(11)12-2;1-5-2-3-6(9)4-7(5)8(10)11;;/h3-5,10H,1-2H3;2-4,9H,1H3,(H,10,11);;1H2/q;;+1;/p-1. The van der Waals surface area contributed by atoms with E-state index in [1.54, 1.807) is 26.0 Å². The Bertz CT molecular complexity index is 729. The summed E-state index contributed by atoms with van der Waals surface area (Å²) in [5, 5.41) is 26.6. The van der Waals surface area contributed by atoms with Crippen LogP contribution in [0.15, 0.2) is 36.4 Å². The third-order valence-corrected chi connectivity index (χ3v) is 3.08. The van der Waals surface area contributed by atoms with Gasteiger partial charge in [0.1, 0.15) is 11.5 Å². The number of rotatable bonds is 2. The third kappa shape index (κ3) is 7.57. The average Bonchev–Trinajstić information content (AvgIpc) is 2.51. The number of carbonyl (C=O) groups is 2. The summed E-state index contributed by atoms with van der Waals surface area (Å²) in [7, 11) is 1.31. The van der Waals surface area contributed by atoms with E-state index in [0.717, 1.165) is 5.56 Å². The van der Waals surface area contributed by atoms with Crippen molar-refractivity contribution in [2.24, 2.45) is 0 Å². The van der Waals surface area contributed by atoms with Crippen molar-refractivity contribution in [2.45, 2.75) is 13.8 Å². The number of aromatic hydroxyl groups is 2. The maximum absolute atomic E-state index is 11.1. The molecule has 0 aliphatic heterocycles. The third-order valence-electron chi connectivity index (χ3n) is 3.08. The Kier molecular flexibility index (Phi) is 11.6. The quantitative estimate of drug-likeness (QED) is 0.496. The van der Waals surface area contributed by atoms with Gasteiger partial charge in [-0.1, -0.05) is 12.1 Å². The molecule has 0 aliphatic carbocycles. The molecule has 0 amide bonds. The van der Waals surface area contributed by atoms with Crippen LogP contribution in [0.3, 0.4) is 0 Å². The summed E-state index contributed by atoms with van der Waals surface area (Å²) in [6, 6.07) is 8.85. The molecular weight excluding hydrogens is 339 g/mol. The Morgan fingerprint density at radius 1 is 0.880 bits per heavy atom. The van der Waals surface area contributed by atoms with Gasteiger partial charge in [-0.05, 0) is 49.2 Å². The van der Waals surface area contributed by atoms with Gasteiger partial charge in [0.05, 0.1) is 18.2 Å². The van der Waals surface area contributed by atoms with Gasteiger partial charge < -0.3 is 25.5 Å². The molecule has 0 radical (unpaired) electrons. The number of benzene rings is 2. The second kappa shape index (κ2) is 11.5. The number of carboxylic acids is 1. The van der Waals surface area contributed by atoms with Crippen LogP contribution >= 0.6 is 0 Å². The van der Waals surface area contributed by atoms with Crippen molar-refractivity contribution in [1.29, 1.82) is 0 Å². The van der Waals surface area contributed by atoms with Crippen molar-refractivity contribution in [3.8, 4) is 11.5 Å². The minimum absolute atomic E-state index is 0. The number of phenols is 2. The number of phenolic OH excluding ortho intramolecular Hbond substituents is 2. The first kappa shape index (κ1) is 25.2. The van der Waals surface area contributed by atoms with E-state index in [2.05, 4.69) is 4.74 Å². The van der Waals surface area contributed by atoms with Gasteiger partial charge in [0.2, 0.25) is 0 Å². The Labute approximate surface area is 167 Å². The van der Waals surface area contributed by atoms with Gasteiger partial charge in [-0.25, -0.2) is 9.59 Å². The van der Waals surface area contributed by atoms with Crippen molar-refractivity contribution < 1.29 is 64.7 Å².